The summed E-state index contributed by atoms with van der Waals surface area (Å²) in [4.78, 5) is 12.1. The van der Waals surface area contributed by atoms with Gasteiger partial charge in [0.15, 0.2) is 0 Å². The Hall–Kier alpha value is -2.71. The van der Waals surface area contributed by atoms with Gasteiger partial charge in [-0.1, -0.05) is 12.1 Å². The second-order valence-corrected chi connectivity index (χ2v) is 7.88. The van der Waals surface area contributed by atoms with Gasteiger partial charge in [-0.15, -0.1) is 0 Å². The lowest BCUT2D eigenvalue weighted by Gasteiger charge is -2.16. The SMILES string of the molecule is CCOc1ccc(NC(=O)/C=C/c2cccc(F)c2)cc1S(=O)(=O)N(C)C. The van der Waals surface area contributed by atoms with Crippen molar-refractivity contribution in [2.75, 3.05) is 26.0 Å². The van der Waals surface area contributed by atoms with Gasteiger partial charge in [0.25, 0.3) is 0 Å². The molecule has 2 aromatic carbocycles. The van der Waals surface area contributed by atoms with Crippen LogP contribution in [0, 0.1) is 5.82 Å². The first-order chi connectivity index (χ1) is 12.7. The highest BCUT2D eigenvalue weighted by Crippen LogP contribution is 2.29. The van der Waals surface area contributed by atoms with Crippen molar-refractivity contribution in [3.63, 3.8) is 0 Å². The van der Waals surface area contributed by atoms with Crippen LogP contribution in [0.25, 0.3) is 6.08 Å². The molecule has 0 aliphatic carbocycles. The molecule has 2 aromatic rings. The monoisotopic (exact) mass is 392 g/mol. The van der Waals surface area contributed by atoms with Crippen molar-refractivity contribution in [2.24, 2.45) is 0 Å². The molecule has 27 heavy (non-hydrogen) atoms. The number of carbonyl (C=O) groups excluding carboxylic acids is 1. The number of ether oxygens (including phenoxy) is 1. The van der Waals surface area contributed by atoms with E-state index in [1.807, 2.05) is 0 Å². The lowest BCUT2D eigenvalue weighted by Crippen LogP contribution is -2.23. The molecule has 1 amide bonds. The van der Waals surface area contributed by atoms with Crippen LogP contribution in [0.1, 0.15) is 12.5 Å². The Labute approximate surface area is 158 Å². The summed E-state index contributed by atoms with van der Waals surface area (Å²) in [5.74, 6) is -0.668. The van der Waals surface area contributed by atoms with Gasteiger partial charge in [0.05, 0.1) is 6.61 Å². The number of amides is 1. The minimum atomic E-state index is -3.75. The van der Waals surface area contributed by atoms with E-state index in [4.69, 9.17) is 4.74 Å². The lowest BCUT2D eigenvalue weighted by atomic mass is 10.2. The number of sulfonamides is 1. The predicted molar refractivity (Wildman–Crippen MR) is 103 cm³/mol. The minimum Gasteiger partial charge on any atom is -0.492 e. The van der Waals surface area contributed by atoms with Crippen LogP contribution in [0.15, 0.2) is 53.4 Å². The van der Waals surface area contributed by atoms with Gasteiger partial charge < -0.3 is 10.1 Å². The zero-order valence-corrected chi connectivity index (χ0v) is 16.1. The molecule has 0 bridgehead atoms. The molecule has 0 saturated carbocycles. The molecule has 1 N–H and O–H groups in total. The number of carbonyl (C=O) groups is 1. The van der Waals surface area contributed by atoms with Crippen molar-refractivity contribution in [1.82, 2.24) is 4.31 Å². The average molecular weight is 392 g/mol. The van der Waals surface area contributed by atoms with Crippen molar-refractivity contribution in [3.05, 3.63) is 59.9 Å². The molecule has 0 spiro atoms. The van der Waals surface area contributed by atoms with E-state index in [1.54, 1.807) is 19.1 Å². The van der Waals surface area contributed by atoms with Crippen molar-refractivity contribution in [1.29, 1.82) is 0 Å². The Kier molecular flexibility index (Phi) is 6.70. The highest BCUT2D eigenvalue weighted by molar-refractivity contribution is 7.89. The Morgan fingerprint density at radius 1 is 1.22 bits per heavy atom. The molecule has 2 rings (SSSR count). The maximum Gasteiger partial charge on any atom is 0.248 e. The largest absolute Gasteiger partial charge is 0.492 e. The summed E-state index contributed by atoms with van der Waals surface area (Å²) < 4.78 is 44.6. The van der Waals surface area contributed by atoms with E-state index in [1.165, 1.54) is 56.6 Å². The van der Waals surface area contributed by atoms with Crippen LogP contribution in [0.5, 0.6) is 5.75 Å². The molecule has 0 atom stereocenters. The van der Waals surface area contributed by atoms with E-state index in [0.29, 0.717) is 17.9 Å². The second-order valence-electron chi connectivity index (χ2n) is 5.76. The van der Waals surface area contributed by atoms with Gasteiger partial charge in [-0.2, -0.15) is 0 Å². The maximum atomic E-state index is 13.2. The highest BCUT2D eigenvalue weighted by atomic mass is 32.2. The van der Waals surface area contributed by atoms with Gasteiger partial charge in [0.1, 0.15) is 16.5 Å². The molecule has 0 aromatic heterocycles. The number of halogens is 1. The Balaban J connectivity index is 2.24. The number of rotatable bonds is 7. The van der Waals surface area contributed by atoms with Crippen LogP contribution in [-0.2, 0) is 14.8 Å². The normalized spacial score (nSPS) is 11.7. The van der Waals surface area contributed by atoms with Gasteiger partial charge >= 0.3 is 0 Å². The molecule has 0 heterocycles. The van der Waals surface area contributed by atoms with E-state index < -0.39 is 21.7 Å². The smallest absolute Gasteiger partial charge is 0.248 e. The fourth-order valence-electron chi connectivity index (χ4n) is 2.22. The number of benzene rings is 2. The molecule has 144 valence electrons. The van der Waals surface area contributed by atoms with E-state index in [2.05, 4.69) is 5.32 Å². The number of hydrogen-bond acceptors (Lipinski definition) is 4. The van der Waals surface area contributed by atoms with Gasteiger partial charge in [-0.25, -0.2) is 17.1 Å². The summed E-state index contributed by atoms with van der Waals surface area (Å²) in [6.07, 6.45) is 2.70. The summed E-state index contributed by atoms with van der Waals surface area (Å²) in [5.41, 5.74) is 0.834. The highest BCUT2D eigenvalue weighted by Gasteiger charge is 2.23. The molecule has 8 heteroatoms. The quantitative estimate of drug-likeness (QED) is 0.735. The second kappa shape index (κ2) is 8.79. The van der Waals surface area contributed by atoms with Crippen molar-refractivity contribution in [2.45, 2.75) is 11.8 Å². The third kappa shape index (κ3) is 5.38. The summed E-state index contributed by atoms with van der Waals surface area (Å²) in [6, 6.07) is 10.2. The van der Waals surface area contributed by atoms with Crippen LogP contribution in [0.3, 0.4) is 0 Å². The van der Waals surface area contributed by atoms with Gasteiger partial charge in [-0.05, 0) is 48.9 Å². The first kappa shape index (κ1) is 20.6. The molecule has 0 unspecified atom stereocenters. The molecular formula is C19H21FN2O4S. The molecule has 0 saturated heterocycles. The Morgan fingerprint density at radius 2 is 1.96 bits per heavy atom. The van der Waals surface area contributed by atoms with Gasteiger partial charge in [0.2, 0.25) is 15.9 Å². The first-order valence-electron chi connectivity index (χ1n) is 8.18. The molecule has 0 aliphatic heterocycles. The van der Waals surface area contributed by atoms with E-state index in [-0.39, 0.29) is 10.6 Å². The molecule has 0 fully saturated rings. The summed E-state index contributed by atoms with van der Waals surface area (Å²) in [5, 5.41) is 2.59. The van der Waals surface area contributed by atoms with Crippen LogP contribution in [-0.4, -0.2) is 39.3 Å². The van der Waals surface area contributed by atoms with E-state index in [9.17, 15) is 17.6 Å². The summed E-state index contributed by atoms with van der Waals surface area (Å²) in [6.45, 7) is 2.05. The van der Waals surface area contributed by atoms with Gasteiger partial charge in [0, 0.05) is 25.9 Å². The average Bonchev–Trinajstić information content (AvgIpc) is 2.61. The Morgan fingerprint density at radius 3 is 2.59 bits per heavy atom. The fraction of sp³-hybridized carbons (Fsp3) is 0.211. The summed E-state index contributed by atoms with van der Waals surface area (Å²) >= 11 is 0. The van der Waals surface area contributed by atoms with Crippen LogP contribution in [0.2, 0.25) is 0 Å². The molecular weight excluding hydrogens is 371 g/mol. The standard InChI is InChI=1S/C19H21FN2O4S/c1-4-26-17-10-9-16(13-18(17)27(24,25)22(2)3)21-19(23)11-8-14-6-5-7-15(20)12-14/h5-13H,4H2,1-3H3,(H,21,23)/b11-8+. The third-order valence-electron chi connectivity index (χ3n) is 3.55. The summed E-state index contributed by atoms with van der Waals surface area (Å²) in [7, 11) is -0.921. The number of nitrogens with zero attached hydrogens (tertiary/aromatic N) is 1. The number of anilines is 1. The van der Waals surface area contributed by atoms with Crippen molar-refractivity contribution in [3.8, 4) is 5.75 Å². The van der Waals surface area contributed by atoms with Gasteiger partial charge in [-0.3, -0.25) is 4.79 Å². The van der Waals surface area contributed by atoms with Crippen molar-refractivity contribution < 1.29 is 22.3 Å². The maximum absolute atomic E-state index is 13.2. The number of hydrogen-bond donors (Lipinski definition) is 1. The third-order valence-corrected chi connectivity index (χ3v) is 5.38. The number of nitrogens with one attached hydrogen (secondary N) is 1. The fourth-order valence-corrected chi connectivity index (χ4v) is 3.28. The zero-order valence-electron chi connectivity index (χ0n) is 15.3. The Bertz CT molecular complexity index is 956. The van der Waals surface area contributed by atoms with Crippen LogP contribution in [0.4, 0.5) is 10.1 Å². The topological polar surface area (TPSA) is 75.7 Å². The van der Waals surface area contributed by atoms with Crippen LogP contribution >= 0.6 is 0 Å². The molecule has 0 aliphatic rings. The predicted octanol–water partition coefficient (Wildman–Crippen LogP) is 3.13. The van der Waals surface area contributed by atoms with E-state index in [0.717, 1.165) is 4.31 Å². The lowest BCUT2D eigenvalue weighted by molar-refractivity contribution is -0.111. The van der Waals surface area contributed by atoms with Crippen molar-refractivity contribution >= 4 is 27.7 Å². The zero-order chi connectivity index (χ0) is 20.0. The minimum absolute atomic E-state index is 0.0405. The van der Waals surface area contributed by atoms with Crippen LogP contribution < -0.4 is 10.1 Å². The van der Waals surface area contributed by atoms with E-state index >= 15 is 0 Å². The molecule has 0 radical (unpaired) electrons. The first-order valence-corrected chi connectivity index (χ1v) is 9.62. The molecule has 6 nitrogen and oxygen atoms in total.